The van der Waals surface area contributed by atoms with Gasteiger partial charge in [0.05, 0.1) is 0 Å². The maximum absolute atomic E-state index is 11.1. The lowest BCUT2D eigenvalue weighted by atomic mass is 10.1. The Labute approximate surface area is 123 Å². The van der Waals surface area contributed by atoms with Crippen molar-refractivity contribution in [3.8, 4) is 5.75 Å². The van der Waals surface area contributed by atoms with Crippen LogP contribution in [0.5, 0.6) is 5.75 Å². The van der Waals surface area contributed by atoms with Crippen LogP contribution in [0.25, 0.3) is 0 Å². The lowest BCUT2D eigenvalue weighted by Crippen LogP contribution is -2.11. The Kier molecular flexibility index (Phi) is 4.30. The second-order valence-electron chi connectivity index (χ2n) is 4.73. The number of hydrogen-bond donors (Lipinski definition) is 1. The first-order valence-corrected chi connectivity index (χ1v) is 6.63. The molecule has 2 N–H and O–H groups in total. The highest BCUT2D eigenvalue weighted by molar-refractivity contribution is 6.31. The first-order chi connectivity index (χ1) is 9.47. The molecule has 0 saturated heterocycles. The van der Waals surface area contributed by atoms with Crippen LogP contribution in [0, 0.1) is 13.8 Å². The smallest absolute Gasteiger partial charge is 0.248 e. The highest BCUT2D eigenvalue weighted by atomic mass is 35.5. The summed E-state index contributed by atoms with van der Waals surface area (Å²) in [4.78, 5) is 11.1. The molecule has 1 amide bonds. The highest BCUT2D eigenvalue weighted by Gasteiger charge is 2.07. The van der Waals surface area contributed by atoms with E-state index in [0.29, 0.717) is 17.2 Å². The Morgan fingerprint density at radius 1 is 1.20 bits per heavy atom. The van der Waals surface area contributed by atoms with Gasteiger partial charge in [-0.1, -0.05) is 35.4 Å². The van der Waals surface area contributed by atoms with Crippen molar-refractivity contribution < 1.29 is 9.53 Å². The third-order valence-corrected chi connectivity index (χ3v) is 3.40. The largest absolute Gasteiger partial charge is 0.489 e. The molecular formula is C16H16ClNO2. The van der Waals surface area contributed by atoms with E-state index in [9.17, 15) is 4.79 Å². The molecule has 4 heteroatoms. The van der Waals surface area contributed by atoms with Crippen molar-refractivity contribution in [2.75, 3.05) is 0 Å². The average molecular weight is 290 g/mol. The molecule has 0 aromatic heterocycles. The molecule has 0 spiro atoms. The maximum Gasteiger partial charge on any atom is 0.248 e. The lowest BCUT2D eigenvalue weighted by molar-refractivity contribution is 0.1000. The normalized spacial score (nSPS) is 10.3. The van der Waals surface area contributed by atoms with Crippen LogP contribution in [0.4, 0.5) is 0 Å². The van der Waals surface area contributed by atoms with Crippen molar-refractivity contribution in [2.45, 2.75) is 20.5 Å². The minimum atomic E-state index is -0.492. The van der Waals surface area contributed by atoms with E-state index in [1.165, 1.54) is 5.56 Å². The summed E-state index contributed by atoms with van der Waals surface area (Å²) < 4.78 is 5.76. The van der Waals surface area contributed by atoms with Crippen LogP contribution in [-0.4, -0.2) is 5.91 Å². The fourth-order valence-electron chi connectivity index (χ4n) is 1.93. The van der Waals surface area contributed by atoms with E-state index in [4.69, 9.17) is 22.1 Å². The van der Waals surface area contributed by atoms with Gasteiger partial charge in [0, 0.05) is 16.1 Å². The van der Waals surface area contributed by atoms with Gasteiger partial charge in [0.25, 0.3) is 0 Å². The number of nitrogens with two attached hydrogens (primary N) is 1. The van der Waals surface area contributed by atoms with Crippen LogP contribution in [-0.2, 0) is 6.61 Å². The van der Waals surface area contributed by atoms with Crippen LogP contribution < -0.4 is 10.5 Å². The maximum atomic E-state index is 11.1. The van der Waals surface area contributed by atoms with Gasteiger partial charge in [0.15, 0.2) is 0 Å². The summed E-state index contributed by atoms with van der Waals surface area (Å²) in [6, 6.07) is 11.0. The molecule has 0 aliphatic carbocycles. The first-order valence-electron chi connectivity index (χ1n) is 6.25. The number of ether oxygens (including phenoxy) is 1. The molecule has 0 radical (unpaired) electrons. The molecule has 0 fully saturated rings. The summed E-state index contributed by atoms with van der Waals surface area (Å²) in [7, 11) is 0. The zero-order valence-corrected chi connectivity index (χ0v) is 12.2. The molecule has 2 aromatic carbocycles. The van der Waals surface area contributed by atoms with Crippen molar-refractivity contribution in [1.82, 2.24) is 0 Å². The lowest BCUT2D eigenvalue weighted by Gasteiger charge is -2.11. The number of halogens is 1. The van der Waals surface area contributed by atoms with Gasteiger partial charge in [0.2, 0.25) is 5.91 Å². The molecule has 0 heterocycles. The summed E-state index contributed by atoms with van der Waals surface area (Å²) in [5.41, 5.74) is 8.68. The standard InChI is InChI=1S/C16H16ClNO2/c1-10-3-6-15(11(2)7-10)20-9-13-5-4-12(16(18)19)8-14(13)17/h3-8H,9H2,1-2H3,(H2,18,19). The van der Waals surface area contributed by atoms with E-state index in [1.54, 1.807) is 18.2 Å². The van der Waals surface area contributed by atoms with Crippen LogP contribution in [0.3, 0.4) is 0 Å². The average Bonchev–Trinajstić information content (AvgIpc) is 2.38. The minimum absolute atomic E-state index is 0.349. The van der Waals surface area contributed by atoms with Crippen molar-refractivity contribution in [3.63, 3.8) is 0 Å². The van der Waals surface area contributed by atoms with E-state index in [1.807, 2.05) is 26.0 Å². The zero-order valence-electron chi connectivity index (χ0n) is 11.4. The van der Waals surface area contributed by atoms with E-state index in [0.717, 1.165) is 16.9 Å². The van der Waals surface area contributed by atoms with Gasteiger partial charge in [-0.3, -0.25) is 4.79 Å². The van der Waals surface area contributed by atoms with E-state index in [-0.39, 0.29) is 0 Å². The Morgan fingerprint density at radius 3 is 2.55 bits per heavy atom. The summed E-state index contributed by atoms with van der Waals surface area (Å²) in [6.45, 7) is 4.39. The van der Waals surface area contributed by atoms with E-state index < -0.39 is 5.91 Å². The van der Waals surface area contributed by atoms with Crippen LogP contribution in [0.1, 0.15) is 27.0 Å². The summed E-state index contributed by atoms with van der Waals surface area (Å²) in [5.74, 6) is 0.333. The van der Waals surface area contributed by atoms with Crippen LogP contribution in [0.15, 0.2) is 36.4 Å². The predicted molar refractivity (Wildman–Crippen MR) is 80.2 cm³/mol. The molecule has 0 aliphatic rings. The Morgan fingerprint density at radius 2 is 1.95 bits per heavy atom. The van der Waals surface area contributed by atoms with Gasteiger partial charge in [0.1, 0.15) is 12.4 Å². The third-order valence-electron chi connectivity index (χ3n) is 3.05. The quantitative estimate of drug-likeness (QED) is 0.934. The molecule has 0 unspecified atom stereocenters. The van der Waals surface area contributed by atoms with E-state index in [2.05, 4.69) is 6.07 Å². The molecule has 3 nitrogen and oxygen atoms in total. The Hall–Kier alpha value is -2.00. The van der Waals surface area contributed by atoms with Crippen LogP contribution in [0.2, 0.25) is 5.02 Å². The van der Waals surface area contributed by atoms with Gasteiger partial charge in [-0.05, 0) is 37.6 Å². The highest BCUT2D eigenvalue weighted by Crippen LogP contribution is 2.23. The topological polar surface area (TPSA) is 52.3 Å². The number of hydrogen-bond acceptors (Lipinski definition) is 2. The van der Waals surface area contributed by atoms with E-state index >= 15 is 0 Å². The number of aryl methyl sites for hydroxylation is 2. The van der Waals surface area contributed by atoms with Gasteiger partial charge in [-0.15, -0.1) is 0 Å². The second-order valence-corrected chi connectivity index (χ2v) is 5.14. The molecule has 104 valence electrons. The van der Waals surface area contributed by atoms with Crippen molar-refractivity contribution in [3.05, 3.63) is 63.7 Å². The number of rotatable bonds is 4. The van der Waals surface area contributed by atoms with Gasteiger partial charge in [-0.25, -0.2) is 0 Å². The fourth-order valence-corrected chi connectivity index (χ4v) is 2.17. The first kappa shape index (κ1) is 14.4. The molecule has 2 aromatic rings. The minimum Gasteiger partial charge on any atom is -0.489 e. The number of carbonyl (C=O) groups is 1. The summed E-state index contributed by atoms with van der Waals surface area (Å²) >= 11 is 6.12. The van der Waals surface area contributed by atoms with Crippen LogP contribution >= 0.6 is 11.6 Å². The summed E-state index contributed by atoms with van der Waals surface area (Å²) in [6.07, 6.45) is 0. The number of primary amides is 1. The van der Waals surface area contributed by atoms with Crippen molar-refractivity contribution in [2.24, 2.45) is 5.73 Å². The number of carbonyl (C=O) groups excluding carboxylic acids is 1. The molecule has 2 rings (SSSR count). The number of amides is 1. The SMILES string of the molecule is Cc1ccc(OCc2ccc(C(N)=O)cc2Cl)c(C)c1. The fraction of sp³-hybridized carbons (Fsp3) is 0.188. The van der Waals surface area contributed by atoms with Crippen molar-refractivity contribution >= 4 is 17.5 Å². The molecule has 20 heavy (non-hydrogen) atoms. The molecule has 0 atom stereocenters. The molecule has 0 saturated carbocycles. The molecule has 0 bridgehead atoms. The van der Waals surface area contributed by atoms with Crippen molar-refractivity contribution in [1.29, 1.82) is 0 Å². The Bertz CT molecular complexity index is 653. The monoisotopic (exact) mass is 289 g/mol. The van der Waals surface area contributed by atoms with Gasteiger partial charge >= 0.3 is 0 Å². The number of benzene rings is 2. The predicted octanol–water partition coefficient (Wildman–Crippen LogP) is 3.63. The molecular weight excluding hydrogens is 274 g/mol. The third kappa shape index (κ3) is 3.31. The zero-order chi connectivity index (χ0) is 14.7. The Balaban J connectivity index is 2.13. The summed E-state index contributed by atoms with van der Waals surface area (Å²) in [5, 5.41) is 0.478. The van der Waals surface area contributed by atoms with Gasteiger partial charge in [-0.2, -0.15) is 0 Å². The van der Waals surface area contributed by atoms with Gasteiger partial charge < -0.3 is 10.5 Å². The second kappa shape index (κ2) is 5.97. The molecule has 0 aliphatic heterocycles.